The van der Waals surface area contributed by atoms with Crippen LogP contribution >= 0.6 is 0 Å². The van der Waals surface area contributed by atoms with E-state index in [9.17, 15) is 9.18 Å². The Morgan fingerprint density at radius 3 is 2.80 bits per heavy atom. The predicted molar refractivity (Wildman–Crippen MR) is 93.7 cm³/mol. The van der Waals surface area contributed by atoms with Crippen LogP contribution in [-0.2, 0) is 0 Å². The number of H-pyrrole nitrogens is 1. The molecule has 0 fully saturated rings. The zero-order valence-electron chi connectivity index (χ0n) is 13.0. The Kier molecular flexibility index (Phi) is 3.70. The molecule has 0 saturated carbocycles. The Morgan fingerprint density at radius 1 is 1.08 bits per heavy atom. The summed E-state index contributed by atoms with van der Waals surface area (Å²) >= 11 is 0. The van der Waals surface area contributed by atoms with E-state index in [0.29, 0.717) is 5.69 Å². The Hall–Kier alpha value is -3.54. The van der Waals surface area contributed by atoms with Gasteiger partial charge in [0.1, 0.15) is 11.5 Å². The van der Waals surface area contributed by atoms with Gasteiger partial charge >= 0.3 is 0 Å². The van der Waals surface area contributed by atoms with Gasteiger partial charge in [-0.2, -0.15) is 5.10 Å². The first kappa shape index (κ1) is 15.0. The van der Waals surface area contributed by atoms with Crippen LogP contribution in [-0.4, -0.2) is 21.1 Å². The Morgan fingerprint density at radius 2 is 2.00 bits per heavy atom. The lowest BCUT2D eigenvalue weighted by atomic mass is 10.1. The van der Waals surface area contributed by atoms with Crippen LogP contribution in [0.3, 0.4) is 0 Å². The molecular formula is C19H13FN4O. The van der Waals surface area contributed by atoms with Crippen molar-refractivity contribution < 1.29 is 9.18 Å². The monoisotopic (exact) mass is 332 g/mol. The fourth-order valence-corrected chi connectivity index (χ4v) is 2.65. The summed E-state index contributed by atoms with van der Waals surface area (Å²) < 4.78 is 13.3. The highest BCUT2D eigenvalue weighted by Gasteiger charge is 2.11. The first-order valence-electron chi connectivity index (χ1n) is 7.66. The Balaban J connectivity index is 1.68. The van der Waals surface area contributed by atoms with Gasteiger partial charge in [0.05, 0.1) is 5.52 Å². The van der Waals surface area contributed by atoms with E-state index < -0.39 is 5.82 Å². The molecule has 0 saturated heterocycles. The van der Waals surface area contributed by atoms with Crippen LogP contribution in [0.25, 0.3) is 22.2 Å². The molecule has 122 valence electrons. The molecule has 0 spiro atoms. The molecule has 2 aromatic carbocycles. The number of pyridine rings is 1. The molecule has 5 nitrogen and oxygen atoms in total. The largest absolute Gasteiger partial charge is 0.322 e. The van der Waals surface area contributed by atoms with E-state index in [0.717, 1.165) is 22.2 Å². The number of anilines is 1. The minimum Gasteiger partial charge on any atom is -0.322 e. The van der Waals surface area contributed by atoms with Crippen LogP contribution in [0.5, 0.6) is 0 Å². The highest BCUT2D eigenvalue weighted by molar-refractivity contribution is 6.05. The predicted octanol–water partition coefficient (Wildman–Crippen LogP) is 4.02. The second-order valence-electron chi connectivity index (χ2n) is 5.54. The topological polar surface area (TPSA) is 70.7 Å². The van der Waals surface area contributed by atoms with Crippen LogP contribution in [0, 0.1) is 5.82 Å². The summed E-state index contributed by atoms with van der Waals surface area (Å²) in [5.74, 6) is -0.818. The normalized spacial score (nSPS) is 10.8. The highest BCUT2D eigenvalue weighted by atomic mass is 19.1. The van der Waals surface area contributed by atoms with E-state index >= 15 is 0 Å². The van der Waals surface area contributed by atoms with Gasteiger partial charge in [-0.3, -0.25) is 14.9 Å². The Bertz CT molecular complexity index is 1060. The lowest BCUT2D eigenvalue weighted by Gasteiger charge is -2.06. The molecule has 0 atom stereocenters. The molecule has 0 aliphatic rings. The maximum Gasteiger partial charge on any atom is 0.255 e. The second kappa shape index (κ2) is 6.16. The van der Waals surface area contributed by atoms with Gasteiger partial charge in [-0.25, -0.2) is 4.39 Å². The molecule has 0 aliphatic carbocycles. The van der Waals surface area contributed by atoms with Gasteiger partial charge in [-0.15, -0.1) is 0 Å². The van der Waals surface area contributed by atoms with Gasteiger partial charge in [0, 0.05) is 34.6 Å². The first-order chi connectivity index (χ1) is 12.2. The number of rotatable bonds is 3. The molecule has 4 aromatic rings. The number of fused-ring (bicyclic) bond motifs is 1. The number of aromatic amines is 1. The summed E-state index contributed by atoms with van der Waals surface area (Å²) in [4.78, 5) is 16.4. The molecule has 0 bridgehead atoms. The zero-order chi connectivity index (χ0) is 17.2. The van der Waals surface area contributed by atoms with Gasteiger partial charge in [0.25, 0.3) is 5.91 Å². The molecule has 2 heterocycles. The number of carbonyl (C=O) groups excluding carboxylic acids is 1. The van der Waals surface area contributed by atoms with Crippen molar-refractivity contribution in [1.82, 2.24) is 15.2 Å². The SMILES string of the molecule is O=C(Nc1ccc2[nH]nc(-c3cccnc3)c2c1)c1cccc(F)c1. The number of benzene rings is 2. The average molecular weight is 332 g/mol. The van der Waals surface area contributed by atoms with E-state index in [2.05, 4.69) is 20.5 Å². The van der Waals surface area contributed by atoms with E-state index in [4.69, 9.17) is 0 Å². The third kappa shape index (κ3) is 2.97. The Labute approximate surface area is 142 Å². The summed E-state index contributed by atoms with van der Waals surface area (Å²) in [7, 11) is 0. The van der Waals surface area contributed by atoms with E-state index in [-0.39, 0.29) is 11.5 Å². The quantitative estimate of drug-likeness (QED) is 0.595. The van der Waals surface area contributed by atoms with Crippen molar-refractivity contribution in [3.63, 3.8) is 0 Å². The van der Waals surface area contributed by atoms with Gasteiger partial charge in [0.2, 0.25) is 0 Å². The standard InChI is InChI=1S/C19H13FN4O/c20-14-5-1-3-12(9-14)19(25)22-15-6-7-17-16(10-15)18(24-23-17)13-4-2-8-21-11-13/h1-11H,(H,22,25)(H,23,24). The van der Waals surface area contributed by atoms with Gasteiger partial charge < -0.3 is 5.32 Å². The van der Waals surface area contributed by atoms with Crippen molar-refractivity contribution in [1.29, 1.82) is 0 Å². The molecule has 2 N–H and O–H groups in total. The third-order valence-electron chi connectivity index (χ3n) is 3.84. The fraction of sp³-hybridized carbons (Fsp3) is 0. The molecule has 0 unspecified atom stereocenters. The molecule has 6 heteroatoms. The minimum absolute atomic E-state index is 0.264. The molecule has 0 radical (unpaired) electrons. The fourth-order valence-electron chi connectivity index (χ4n) is 2.65. The molecule has 0 aliphatic heterocycles. The van der Waals surface area contributed by atoms with Crippen molar-refractivity contribution in [3.8, 4) is 11.3 Å². The van der Waals surface area contributed by atoms with Crippen molar-refractivity contribution in [2.75, 3.05) is 5.32 Å². The van der Waals surface area contributed by atoms with Crippen molar-refractivity contribution in [2.45, 2.75) is 0 Å². The lowest BCUT2D eigenvalue weighted by Crippen LogP contribution is -2.11. The third-order valence-corrected chi connectivity index (χ3v) is 3.84. The van der Waals surface area contributed by atoms with Crippen molar-refractivity contribution in [3.05, 3.63) is 78.4 Å². The smallest absolute Gasteiger partial charge is 0.255 e. The van der Waals surface area contributed by atoms with Crippen LogP contribution in [0.2, 0.25) is 0 Å². The molecular weight excluding hydrogens is 319 g/mol. The van der Waals surface area contributed by atoms with E-state index in [1.807, 2.05) is 24.3 Å². The maximum absolute atomic E-state index is 13.3. The highest BCUT2D eigenvalue weighted by Crippen LogP contribution is 2.28. The number of aromatic nitrogens is 3. The lowest BCUT2D eigenvalue weighted by molar-refractivity contribution is 0.102. The summed E-state index contributed by atoms with van der Waals surface area (Å²) in [6.07, 6.45) is 3.43. The van der Waals surface area contributed by atoms with Crippen molar-refractivity contribution in [2.24, 2.45) is 0 Å². The van der Waals surface area contributed by atoms with E-state index in [1.54, 1.807) is 24.5 Å². The van der Waals surface area contributed by atoms with Crippen LogP contribution in [0.15, 0.2) is 67.0 Å². The average Bonchev–Trinajstić information content (AvgIpc) is 3.05. The number of nitrogens with zero attached hydrogens (tertiary/aromatic N) is 2. The first-order valence-corrected chi connectivity index (χ1v) is 7.66. The zero-order valence-corrected chi connectivity index (χ0v) is 13.0. The van der Waals surface area contributed by atoms with Gasteiger partial charge in [0.15, 0.2) is 0 Å². The van der Waals surface area contributed by atoms with Crippen molar-refractivity contribution >= 4 is 22.5 Å². The molecule has 2 aromatic heterocycles. The van der Waals surface area contributed by atoms with E-state index in [1.165, 1.54) is 18.2 Å². The maximum atomic E-state index is 13.3. The number of halogens is 1. The summed E-state index contributed by atoms with van der Waals surface area (Å²) in [6, 6.07) is 14.8. The number of hydrogen-bond acceptors (Lipinski definition) is 3. The van der Waals surface area contributed by atoms with Crippen LogP contribution in [0.4, 0.5) is 10.1 Å². The van der Waals surface area contributed by atoms with Gasteiger partial charge in [-0.05, 0) is 48.5 Å². The number of nitrogens with one attached hydrogen (secondary N) is 2. The number of carbonyl (C=O) groups is 1. The summed E-state index contributed by atoms with van der Waals surface area (Å²) in [5, 5.41) is 10.9. The molecule has 1 amide bonds. The van der Waals surface area contributed by atoms with Crippen LogP contribution < -0.4 is 5.32 Å². The van der Waals surface area contributed by atoms with Crippen LogP contribution in [0.1, 0.15) is 10.4 Å². The molecule has 4 rings (SSSR count). The summed E-state index contributed by atoms with van der Waals surface area (Å²) in [6.45, 7) is 0. The summed E-state index contributed by atoms with van der Waals surface area (Å²) in [5.41, 5.74) is 3.35. The van der Waals surface area contributed by atoms with Gasteiger partial charge in [-0.1, -0.05) is 6.07 Å². The second-order valence-corrected chi connectivity index (χ2v) is 5.54. The number of amides is 1. The minimum atomic E-state index is -0.447. The number of hydrogen-bond donors (Lipinski definition) is 2. The molecule has 25 heavy (non-hydrogen) atoms.